The van der Waals surface area contributed by atoms with Crippen LogP contribution in [0.15, 0.2) is 17.2 Å². The van der Waals surface area contributed by atoms with Crippen molar-refractivity contribution >= 4 is 11.9 Å². The second-order valence-corrected chi connectivity index (χ2v) is 8.69. The smallest absolute Gasteiger partial charge is 0.147 e. The number of halogens is 2. The Bertz CT molecular complexity index is 658. The predicted molar refractivity (Wildman–Crippen MR) is 92.3 cm³/mol. The first-order valence-electron chi connectivity index (χ1n) is 7.71. The Morgan fingerprint density at radius 1 is 1.50 bits per heavy atom. The highest BCUT2D eigenvalue weighted by Crippen LogP contribution is 2.42. The van der Waals surface area contributed by atoms with Crippen molar-refractivity contribution < 1.29 is 13.5 Å². The van der Waals surface area contributed by atoms with Gasteiger partial charge in [-0.15, -0.1) is 0 Å². The van der Waals surface area contributed by atoms with Crippen LogP contribution in [0.2, 0.25) is 0 Å². The third-order valence-electron chi connectivity index (χ3n) is 3.66. The molecular weight excluding hydrogens is 334 g/mol. The molecule has 1 N–H and O–H groups in total. The van der Waals surface area contributed by atoms with Crippen LogP contribution in [0.3, 0.4) is 0 Å². The van der Waals surface area contributed by atoms with Crippen molar-refractivity contribution in [1.82, 2.24) is 4.72 Å². The molecule has 0 amide bonds. The van der Waals surface area contributed by atoms with Crippen molar-refractivity contribution in [3.8, 4) is 5.75 Å². The number of ether oxygens (including phenoxy) is 1. The summed E-state index contributed by atoms with van der Waals surface area (Å²) in [4.78, 5) is 2.68. The molecule has 8 heteroatoms. The maximum absolute atomic E-state index is 14.0. The summed E-state index contributed by atoms with van der Waals surface area (Å²) in [6, 6.07) is 2.57. The van der Waals surface area contributed by atoms with Crippen LogP contribution in [0.25, 0.3) is 10.4 Å². The third-order valence-corrected chi connectivity index (χ3v) is 4.75. The van der Waals surface area contributed by atoms with Gasteiger partial charge in [0.1, 0.15) is 23.8 Å². The van der Waals surface area contributed by atoms with E-state index in [2.05, 4.69) is 35.5 Å². The molecule has 2 rings (SSSR count). The normalized spacial score (nSPS) is 20.9. The Labute approximate surface area is 144 Å². The predicted octanol–water partition coefficient (Wildman–Crippen LogP) is 4.88. The number of nitrogens with zero attached hydrogens (tertiary/aromatic N) is 3. The van der Waals surface area contributed by atoms with Gasteiger partial charge in [-0.25, -0.2) is 8.78 Å². The molecule has 0 aromatic heterocycles. The van der Waals surface area contributed by atoms with Gasteiger partial charge in [0, 0.05) is 33.2 Å². The van der Waals surface area contributed by atoms with Gasteiger partial charge in [-0.1, -0.05) is 17.1 Å². The number of rotatable bonds is 6. The molecule has 2 atom stereocenters. The van der Waals surface area contributed by atoms with E-state index in [0.29, 0.717) is 16.9 Å². The monoisotopic (exact) mass is 356 g/mol. The lowest BCUT2D eigenvalue weighted by molar-refractivity contribution is 0.0719. The van der Waals surface area contributed by atoms with Crippen LogP contribution in [0.1, 0.15) is 44.9 Å². The molecule has 1 aromatic rings. The second-order valence-electron chi connectivity index (χ2n) is 7.02. The summed E-state index contributed by atoms with van der Waals surface area (Å²) >= 11 is 1.54. The molecule has 0 spiro atoms. The third kappa shape index (κ3) is 4.32. The average Bonchev–Trinajstić information content (AvgIpc) is 2.88. The van der Waals surface area contributed by atoms with Crippen LogP contribution in [0.4, 0.5) is 8.78 Å². The fourth-order valence-electron chi connectivity index (χ4n) is 2.54. The molecule has 1 unspecified atom stereocenters. The van der Waals surface area contributed by atoms with Crippen LogP contribution < -0.4 is 9.46 Å². The SMILES string of the molecule is C[C@@H](NSC(C)(C)C)c1cc(F)cc2c1OC(CF)(CN=[N+]=[N-])C2. The molecule has 0 radical (unpaired) electrons. The Morgan fingerprint density at radius 2 is 2.21 bits per heavy atom. The number of benzene rings is 1. The van der Waals surface area contributed by atoms with Gasteiger partial charge < -0.3 is 4.74 Å². The first kappa shape index (κ1) is 18.8. The lowest BCUT2D eigenvalue weighted by Crippen LogP contribution is -2.40. The number of azide groups is 1. The topological polar surface area (TPSA) is 70.0 Å². The van der Waals surface area contributed by atoms with Crippen molar-refractivity contribution in [3.63, 3.8) is 0 Å². The molecule has 1 aliphatic rings. The zero-order chi connectivity index (χ0) is 18.0. The summed E-state index contributed by atoms with van der Waals surface area (Å²) in [6.07, 6.45) is 0.182. The van der Waals surface area contributed by atoms with Gasteiger partial charge in [-0.3, -0.25) is 4.72 Å². The highest BCUT2D eigenvalue weighted by Gasteiger charge is 2.41. The molecule has 1 aliphatic heterocycles. The van der Waals surface area contributed by atoms with Gasteiger partial charge in [0.2, 0.25) is 0 Å². The highest BCUT2D eigenvalue weighted by molar-refractivity contribution is 7.98. The summed E-state index contributed by atoms with van der Waals surface area (Å²) in [6.45, 7) is 7.17. The summed E-state index contributed by atoms with van der Waals surface area (Å²) in [5.74, 6) is 0.0944. The van der Waals surface area contributed by atoms with Crippen molar-refractivity contribution in [2.24, 2.45) is 5.11 Å². The van der Waals surface area contributed by atoms with E-state index in [1.807, 2.05) is 6.92 Å². The van der Waals surface area contributed by atoms with Gasteiger partial charge in [0.05, 0.1) is 6.54 Å². The van der Waals surface area contributed by atoms with Gasteiger partial charge in [-0.05, 0) is 45.4 Å². The van der Waals surface area contributed by atoms with E-state index in [1.165, 1.54) is 24.1 Å². The Morgan fingerprint density at radius 3 is 2.79 bits per heavy atom. The van der Waals surface area contributed by atoms with Gasteiger partial charge in [0.25, 0.3) is 0 Å². The van der Waals surface area contributed by atoms with E-state index >= 15 is 0 Å². The van der Waals surface area contributed by atoms with Crippen LogP contribution in [-0.2, 0) is 6.42 Å². The minimum atomic E-state index is -1.24. The molecule has 0 saturated heterocycles. The molecule has 0 fully saturated rings. The minimum absolute atomic E-state index is 0.00415. The highest BCUT2D eigenvalue weighted by atomic mass is 32.2. The Balaban J connectivity index is 2.30. The van der Waals surface area contributed by atoms with E-state index in [9.17, 15) is 8.78 Å². The van der Waals surface area contributed by atoms with Crippen LogP contribution in [0.5, 0.6) is 5.75 Å². The maximum Gasteiger partial charge on any atom is 0.147 e. The number of hydrogen-bond donors (Lipinski definition) is 1. The number of alkyl halides is 1. The summed E-state index contributed by atoms with van der Waals surface area (Å²) in [5, 5.41) is 3.45. The minimum Gasteiger partial charge on any atom is -0.483 e. The summed E-state index contributed by atoms with van der Waals surface area (Å²) in [7, 11) is 0. The van der Waals surface area contributed by atoms with E-state index in [4.69, 9.17) is 10.3 Å². The van der Waals surface area contributed by atoms with Crippen LogP contribution >= 0.6 is 11.9 Å². The molecule has 1 heterocycles. The number of nitrogens with one attached hydrogen (secondary N) is 1. The molecule has 24 heavy (non-hydrogen) atoms. The van der Waals surface area contributed by atoms with E-state index < -0.39 is 12.3 Å². The largest absolute Gasteiger partial charge is 0.483 e. The lowest BCUT2D eigenvalue weighted by Gasteiger charge is -2.26. The Hall–Kier alpha value is -1.50. The zero-order valence-electron chi connectivity index (χ0n) is 14.3. The number of fused-ring (bicyclic) bond motifs is 1. The van der Waals surface area contributed by atoms with E-state index in [1.54, 1.807) is 0 Å². The van der Waals surface area contributed by atoms with E-state index in [0.717, 1.165) is 0 Å². The molecular formula is C16H22F2N4OS. The maximum atomic E-state index is 14.0. The van der Waals surface area contributed by atoms with Crippen LogP contribution in [-0.4, -0.2) is 23.6 Å². The first-order chi connectivity index (χ1) is 11.2. The average molecular weight is 356 g/mol. The van der Waals surface area contributed by atoms with Gasteiger partial charge in [-0.2, -0.15) is 0 Å². The van der Waals surface area contributed by atoms with Gasteiger partial charge in [0.15, 0.2) is 0 Å². The van der Waals surface area contributed by atoms with E-state index in [-0.39, 0.29) is 29.6 Å². The molecule has 5 nitrogen and oxygen atoms in total. The van der Waals surface area contributed by atoms with Crippen LogP contribution in [0, 0.1) is 5.82 Å². The Kier molecular flexibility index (Phi) is 5.63. The lowest BCUT2D eigenvalue weighted by atomic mass is 9.96. The zero-order valence-corrected chi connectivity index (χ0v) is 15.1. The molecule has 0 bridgehead atoms. The summed E-state index contributed by atoms with van der Waals surface area (Å²) < 4.78 is 36.7. The van der Waals surface area contributed by atoms with Crippen molar-refractivity contribution in [2.45, 2.75) is 50.5 Å². The number of hydrogen-bond acceptors (Lipinski definition) is 4. The fourth-order valence-corrected chi connectivity index (χ4v) is 3.20. The molecule has 132 valence electrons. The first-order valence-corrected chi connectivity index (χ1v) is 8.53. The van der Waals surface area contributed by atoms with Crippen molar-refractivity contribution in [2.75, 3.05) is 13.2 Å². The standard InChI is InChI=1S/C16H22F2N4OS/c1-10(21-24-15(2,3)4)13-6-12(18)5-11-7-16(8-17,9-20-22-19)23-14(11)13/h5-6,10,21H,7-9H2,1-4H3/t10-,16?/m1/s1. The van der Waals surface area contributed by atoms with Crippen molar-refractivity contribution in [1.29, 1.82) is 0 Å². The second kappa shape index (κ2) is 7.17. The molecule has 0 saturated carbocycles. The summed E-state index contributed by atoms with van der Waals surface area (Å²) in [5.41, 5.74) is 8.49. The fraction of sp³-hybridized carbons (Fsp3) is 0.625. The quantitative estimate of drug-likeness (QED) is 0.342. The molecule has 0 aliphatic carbocycles. The van der Waals surface area contributed by atoms with Gasteiger partial charge >= 0.3 is 0 Å². The van der Waals surface area contributed by atoms with Crippen molar-refractivity contribution in [3.05, 3.63) is 39.5 Å². The molecule has 1 aromatic carbocycles.